The van der Waals surface area contributed by atoms with Gasteiger partial charge in [-0.2, -0.15) is 0 Å². The van der Waals surface area contributed by atoms with Crippen molar-refractivity contribution in [3.63, 3.8) is 0 Å². The first-order valence-electron chi connectivity index (χ1n) is 10.8. The Morgan fingerprint density at radius 1 is 1.16 bits per heavy atom. The van der Waals surface area contributed by atoms with Gasteiger partial charge in [-0.15, -0.1) is 0 Å². The van der Waals surface area contributed by atoms with Gasteiger partial charge in [0, 0.05) is 18.3 Å². The second-order valence-electron chi connectivity index (χ2n) is 7.81. The molecule has 0 aromatic carbocycles. The van der Waals surface area contributed by atoms with Crippen LogP contribution in [0.25, 0.3) is 0 Å². The number of nitrogens with one attached hydrogen (secondary N) is 2. The fraction of sp³-hybridized carbons (Fsp3) is 0.545. The van der Waals surface area contributed by atoms with Gasteiger partial charge in [-0.25, -0.2) is 28.5 Å². The van der Waals surface area contributed by atoms with E-state index >= 15 is 0 Å². The highest BCUT2D eigenvalue weighted by Gasteiger charge is 2.18. The van der Waals surface area contributed by atoms with Crippen LogP contribution in [0, 0.1) is 0 Å². The zero-order valence-corrected chi connectivity index (χ0v) is 17.5. The highest BCUT2D eigenvalue weighted by atomic mass is 19.3. The fourth-order valence-corrected chi connectivity index (χ4v) is 3.70. The largest absolute Gasteiger partial charge is 0.480 e. The lowest BCUT2D eigenvalue weighted by Crippen LogP contribution is -2.29. The number of carbonyl (C=O) groups is 1. The molecule has 168 valence electrons. The number of rotatable bonds is 12. The summed E-state index contributed by atoms with van der Waals surface area (Å²) in [5.74, 6) is 0.106. The third-order valence-corrected chi connectivity index (χ3v) is 5.41. The first kappa shape index (κ1) is 22.8. The lowest BCUT2D eigenvalue weighted by Gasteiger charge is -2.17. The summed E-state index contributed by atoms with van der Waals surface area (Å²) in [6.45, 7) is 0.986. The second kappa shape index (κ2) is 11.5. The van der Waals surface area contributed by atoms with Crippen LogP contribution in [0.3, 0.4) is 0 Å². The molecule has 1 aliphatic rings. The Balaban J connectivity index is 1.34. The summed E-state index contributed by atoms with van der Waals surface area (Å²) in [6, 6.07) is 4.50. The van der Waals surface area contributed by atoms with E-state index in [-0.39, 0.29) is 5.82 Å². The zero-order valence-electron chi connectivity index (χ0n) is 17.5. The minimum Gasteiger partial charge on any atom is -0.480 e. The molecular weight excluding hydrogens is 404 g/mol. The van der Waals surface area contributed by atoms with Gasteiger partial charge in [0.2, 0.25) is 0 Å². The molecule has 9 heteroatoms. The number of halogens is 2. The van der Waals surface area contributed by atoms with E-state index in [4.69, 9.17) is 4.98 Å². The van der Waals surface area contributed by atoms with Crippen molar-refractivity contribution in [3.8, 4) is 0 Å². The molecule has 0 bridgehead atoms. The molecule has 3 rings (SSSR count). The quantitative estimate of drug-likeness (QED) is 0.420. The number of fused-ring (bicyclic) bond motifs is 1. The maximum atomic E-state index is 12.7. The Labute approximate surface area is 180 Å². The number of alkyl halides is 2. The number of anilines is 2. The molecule has 0 aliphatic carbocycles. The Kier molecular flexibility index (Phi) is 8.49. The number of hydrogen-bond acceptors (Lipinski definition) is 6. The molecule has 1 atom stereocenters. The standard InChI is InChI=1S/C22H29F2N5O2/c23-20(24)18-13-19(27-14-26-18)29-17(22(30)31)9-5-3-1-2-4-8-16-11-10-15-7-6-12-25-21(15)28-16/h10-11,13-14,17,20H,1-9,12H2,(H,25,28)(H,30,31)(H,26,27,29). The van der Waals surface area contributed by atoms with Gasteiger partial charge in [0.1, 0.15) is 29.7 Å². The molecule has 0 saturated heterocycles. The van der Waals surface area contributed by atoms with E-state index in [1.54, 1.807) is 0 Å². The third kappa shape index (κ3) is 7.11. The fourth-order valence-electron chi connectivity index (χ4n) is 3.70. The van der Waals surface area contributed by atoms with Crippen LogP contribution in [-0.4, -0.2) is 38.6 Å². The maximum absolute atomic E-state index is 12.7. The molecule has 1 aliphatic heterocycles. The molecule has 0 spiro atoms. The number of aliphatic carboxylic acids is 1. The number of carboxylic acids is 1. The van der Waals surface area contributed by atoms with Crippen molar-refractivity contribution < 1.29 is 18.7 Å². The van der Waals surface area contributed by atoms with Crippen molar-refractivity contribution >= 4 is 17.6 Å². The zero-order chi connectivity index (χ0) is 22.1. The predicted octanol–water partition coefficient (Wildman–Crippen LogP) is 4.62. The molecule has 31 heavy (non-hydrogen) atoms. The summed E-state index contributed by atoms with van der Waals surface area (Å²) < 4.78 is 25.5. The molecule has 7 nitrogen and oxygen atoms in total. The normalized spacial score (nSPS) is 14.0. The van der Waals surface area contributed by atoms with Gasteiger partial charge < -0.3 is 15.7 Å². The van der Waals surface area contributed by atoms with Crippen LogP contribution in [0.2, 0.25) is 0 Å². The summed E-state index contributed by atoms with van der Waals surface area (Å²) in [5.41, 5.74) is 1.98. The van der Waals surface area contributed by atoms with Crippen molar-refractivity contribution in [2.24, 2.45) is 0 Å². The SMILES string of the molecule is O=C(O)C(CCCCCCCc1ccc2c(n1)NCCC2)Nc1cc(C(F)F)ncn1. The maximum Gasteiger partial charge on any atom is 0.326 e. The highest BCUT2D eigenvalue weighted by molar-refractivity contribution is 5.76. The lowest BCUT2D eigenvalue weighted by atomic mass is 10.0. The van der Waals surface area contributed by atoms with Crippen molar-refractivity contribution in [1.82, 2.24) is 15.0 Å². The van der Waals surface area contributed by atoms with Gasteiger partial charge in [-0.05, 0) is 43.7 Å². The first-order valence-corrected chi connectivity index (χ1v) is 10.8. The molecular formula is C22H29F2N5O2. The first-order chi connectivity index (χ1) is 15.0. The van der Waals surface area contributed by atoms with E-state index in [0.29, 0.717) is 6.42 Å². The van der Waals surface area contributed by atoms with E-state index in [1.165, 1.54) is 5.56 Å². The Morgan fingerprint density at radius 2 is 1.97 bits per heavy atom. The predicted molar refractivity (Wildman–Crippen MR) is 114 cm³/mol. The molecule has 0 radical (unpaired) electrons. The van der Waals surface area contributed by atoms with E-state index in [2.05, 4.69) is 32.7 Å². The second-order valence-corrected chi connectivity index (χ2v) is 7.81. The summed E-state index contributed by atoms with van der Waals surface area (Å²) in [7, 11) is 0. The van der Waals surface area contributed by atoms with Crippen molar-refractivity contribution in [2.75, 3.05) is 17.2 Å². The van der Waals surface area contributed by atoms with Crippen LogP contribution in [0.15, 0.2) is 24.5 Å². The Morgan fingerprint density at radius 3 is 2.77 bits per heavy atom. The Hall–Kier alpha value is -2.84. The third-order valence-electron chi connectivity index (χ3n) is 5.41. The van der Waals surface area contributed by atoms with Crippen molar-refractivity contribution in [2.45, 2.75) is 70.3 Å². The van der Waals surface area contributed by atoms with Crippen LogP contribution in [-0.2, 0) is 17.6 Å². The minimum atomic E-state index is -2.72. The molecule has 1 unspecified atom stereocenters. The minimum absolute atomic E-state index is 0.102. The van der Waals surface area contributed by atoms with Gasteiger partial charge in [0.25, 0.3) is 6.43 Å². The molecule has 2 aromatic heterocycles. The number of aryl methyl sites for hydroxylation is 2. The van der Waals surface area contributed by atoms with Gasteiger partial charge in [0.05, 0.1) is 0 Å². The highest BCUT2D eigenvalue weighted by Crippen LogP contribution is 2.21. The number of unbranched alkanes of at least 4 members (excludes halogenated alkanes) is 4. The molecule has 0 amide bonds. The van der Waals surface area contributed by atoms with Crippen LogP contribution in [0.1, 0.15) is 68.3 Å². The number of aromatic nitrogens is 3. The summed E-state index contributed by atoms with van der Waals surface area (Å²) in [4.78, 5) is 23.5. The van der Waals surface area contributed by atoms with Crippen molar-refractivity contribution in [3.05, 3.63) is 41.5 Å². The van der Waals surface area contributed by atoms with Crippen LogP contribution >= 0.6 is 0 Å². The van der Waals surface area contributed by atoms with E-state index < -0.39 is 24.1 Å². The van der Waals surface area contributed by atoms with E-state index in [0.717, 1.165) is 81.8 Å². The lowest BCUT2D eigenvalue weighted by molar-refractivity contribution is -0.138. The average molecular weight is 434 g/mol. The number of carboxylic acid groups (broad SMARTS) is 1. The molecule has 3 heterocycles. The number of hydrogen-bond donors (Lipinski definition) is 3. The smallest absolute Gasteiger partial charge is 0.326 e. The van der Waals surface area contributed by atoms with Crippen LogP contribution in [0.5, 0.6) is 0 Å². The topological polar surface area (TPSA) is 100 Å². The Bertz CT molecular complexity index is 866. The van der Waals surface area contributed by atoms with Crippen molar-refractivity contribution in [1.29, 1.82) is 0 Å². The summed E-state index contributed by atoms with van der Waals surface area (Å²) >= 11 is 0. The molecule has 0 fully saturated rings. The summed E-state index contributed by atoms with van der Waals surface area (Å²) in [6.07, 6.45) is 6.64. The number of nitrogens with zero attached hydrogens (tertiary/aromatic N) is 3. The van der Waals surface area contributed by atoms with Crippen LogP contribution < -0.4 is 10.6 Å². The number of pyridine rings is 1. The average Bonchev–Trinajstić information content (AvgIpc) is 2.77. The van der Waals surface area contributed by atoms with Gasteiger partial charge in [-0.1, -0.05) is 31.7 Å². The van der Waals surface area contributed by atoms with E-state index in [1.807, 2.05) is 0 Å². The van der Waals surface area contributed by atoms with Gasteiger partial charge >= 0.3 is 5.97 Å². The van der Waals surface area contributed by atoms with Gasteiger partial charge in [0.15, 0.2) is 0 Å². The molecule has 3 N–H and O–H groups in total. The van der Waals surface area contributed by atoms with Gasteiger partial charge in [-0.3, -0.25) is 0 Å². The molecule has 2 aromatic rings. The van der Waals surface area contributed by atoms with E-state index in [9.17, 15) is 18.7 Å². The molecule has 0 saturated carbocycles. The monoisotopic (exact) mass is 433 g/mol. The van der Waals surface area contributed by atoms with Crippen LogP contribution in [0.4, 0.5) is 20.4 Å². The summed E-state index contributed by atoms with van der Waals surface area (Å²) in [5, 5.41) is 15.5.